The maximum atomic E-state index is 14.1. The lowest BCUT2D eigenvalue weighted by Crippen LogP contribution is -2.44. The van der Waals surface area contributed by atoms with Gasteiger partial charge in [0.05, 0.1) is 16.1 Å². The van der Waals surface area contributed by atoms with E-state index >= 15 is 0 Å². The lowest BCUT2D eigenvalue weighted by atomic mass is 10.2. The van der Waals surface area contributed by atoms with Crippen molar-refractivity contribution in [1.82, 2.24) is 0 Å². The van der Waals surface area contributed by atoms with Crippen molar-refractivity contribution in [3.63, 3.8) is 0 Å². The number of halogens is 2. The van der Waals surface area contributed by atoms with E-state index in [-0.39, 0.29) is 33.5 Å². The van der Waals surface area contributed by atoms with Crippen LogP contribution < -0.4 is 4.74 Å². The van der Waals surface area contributed by atoms with Crippen LogP contribution in [0.3, 0.4) is 0 Å². The van der Waals surface area contributed by atoms with Gasteiger partial charge in [0.1, 0.15) is 12.7 Å². The Hall–Kier alpha value is -0.903. The van der Waals surface area contributed by atoms with Crippen LogP contribution in [0.25, 0.3) is 0 Å². The highest BCUT2D eigenvalue weighted by atomic mass is 79.9. The molecule has 1 rings (SSSR count). The summed E-state index contributed by atoms with van der Waals surface area (Å²) in [5, 5.41) is 8.97. The van der Waals surface area contributed by atoms with E-state index < -0.39 is 14.1 Å². The highest BCUT2D eigenvalue weighted by Crippen LogP contribution is 2.37. The Labute approximate surface area is 141 Å². The molecule has 22 heavy (non-hydrogen) atoms. The van der Waals surface area contributed by atoms with Gasteiger partial charge in [-0.05, 0) is 53.1 Å². The second-order valence-corrected chi connectivity index (χ2v) is 12.4. The van der Waals surface area contributed by atoms with Gasteiger partial charge in [0, 0.05) is 0 Å². The number of hydrogen-bond donors (Lipinski definition) is 0. The molecule has 1 atom stereocenters. The van der Waals surface area contributed by atoms with E-state index in [1.807, 2.05) is 13.0 Å². The fraction of sp³-hybridized carbons (Fsp3) is 0.562. The monoisotopic (exact) mass is 387 g/mol. The second kappa shape index (κ2) is 7.11. The summed E-state index contributed by atoms with van der Waals surface area (Å²) in [5.74, 6) is -0.435. The average molecular weight is 388 g/mol. The molecule has 0 saturated heterocycles. The van der Waals surface area contributed by atoms with E-state index in [4.69, 9.17) is 14.4 Å². The van der Waals surface area contributed by atoms with Crippen LogP contribution in [0.5, 0.6) is 5.75 Å². The minimum absolute atomic E-state index is 0.115. The topological polar surface area (TPSA) is 42.2 Å². The van der Waals surface area contributed by atoms with Crippen molar-refractivity contribution in [1.29, 1.82) is 5.26 Å². The molecule has 0 bridgehead atoms. The first-order valence-electron chi connectivity index (χ1n) is 7.18. The van der Waals surface area contributed by atoms with E-state index in [0.717, 1.165) is 0 Å². The first-order valence-corrected chi connectivity index (χ1v) is 10.9. The third kappa shape index (κ3) is 4.54. The number of benzene rings is 1. The van der Waals surface area contributed by atoms with Gasteiger partial charge >= 0.3 is 0 Å². The van der Waals surface area contributed by atoms with Gasteiger partial charge in [-0.1, -0.05) is 20.8 Å². The SMILES string of the molecule is CC(COc1ccc(C#N)c(Br)c1F)O[Si](C)(C)C(C)(C)C. The van der Waals surface area contributed by atoms with Crippen LogP contribution in [-0.2, 0) is 4.43 Å². The Bertz CT molecular complexity index is 579. The summed E-state index contributed by atoms with van der Waals surface area (Å²) in [4.78, 5) is 0. The maximum Gasteiger partial charge on any atom is 0.192 e. The van der Waals surface area contributed by atoms with E-state index in [2.05, 4.69) is 49.8 Å². The molecule has 1 unspecified atom stereocenters. The molecule has 0 aliphatic heterocycles. The third-order valence-corrected chi connectivity index (χ3v) is 9.32. The van der Waals surface area contributed by atoms with E-state index in [1.54, 1.807) is 0 Å². The van der Waals surface area contributed by atoms with Gasteiger partial charge in [-0.3, -0.25) is 0 Å². The quantitative estimate of drug-likeness (QED) is 0.647. The molecule has 0 saturated carbocycles. The molecule has 0 fully saturated rings. The summed E-state index contributed by atoms with van der Waals surface area (Å²) < 4.78 is 25.9. The summed E-state index contributed by atoms with van der Waals surface area (Å²) in [6.45, 7) is 13.0. The predicted octanol–water partition coefficient (Wildman–Crippen LogP) is 5.25. The third-order valence-electron chi connectivity index (χ3n) is 3.94. The second-order valence-electron chi connectivity index (χ2n) is 6.85. The van der Waals surface area contributed by atoms with Crippen molar-refractivity contribution in [3.05, 3.63) is 28.0 Å². The van der Waals surface area contributed by atoms with Crippen LogP contribution in [0, 0.1) is 17.1 Å². The fourth-order valence-electron chi connectivity index (χ4n) is 1.65. The smallest absolute Gasteiger partial charge is 0.192 e. The van der Waals surface area contributed by atoms with Gasteiger partial charge in [0.15, 0.2) is 19.9 Å². The number of nitriles is 1. The first-order chi connectivity index (χ1) is 9.99. The van der Waals surface area contributed by atoms with Gasteiger partial charge in [-0.2, -0.15) is 5.26 Å². The van der Waals surface area contributed by atoms with Crippen molar-refractivity contribution in [3.8, 4) is 11.8 Å². The zero-order valence-corrected chi connectivity index (χ0v) is 16.5. The Balaban J connectivity index is 2.72. The number of hydrogen-bond acceptors (Lipinski definition) is 3. The van der Waals surface area contributed by atoms with Crippen LogP contribution >= 0.6 is 15.9 Å². The number of rotatable bonds is 5. The Kier molecular flexibility index (Phi) is 6.19. The highest BCUT2D eigenvalue weighted by Gasteiger charge is 2.38. The molecule has 0 heterocycles. The van der Waals surface area contributed by atoms with Gasteiger partial charge in [-0.25, -0.2) is 4.39 Å². The van der Waals surface area contributed by atoms with Gasteiger partial charge in [-0.15, -0.1) is 0 Å². The lowest BCUT2D eigenvalue weighted by Gasteiger charge is -2.38. The number of nitrogens with zero attached hydrogens (tertiary/aromatic N) is 1. The van der Waals surface area contributed by atoms with E-state index in [1.165, 1.54) is 12.1 Å². The highest BCUT2D eigenvalue weighted by molar-refractivity contribution is 9.10. The fourth-order valence-corrected chi connectivity index (χ4v) is 3.49. The maximum absolute atomic E-state index is 14.1. The predicted molar refractivity (Wildman–Crippen MR) is 92.1 cm³/mol. The Morgan fingerprint density at radius 2 is 1.95 bits per heavy atom. The van der Waals surface area contributed by atoms with Crippen molar-refractivity contribution in [2.45, 2.75) is 51.9 Å². The summed E-state index contributed by atoms with van der Waals surface area (Å²) in [6.07, 6.45) is -0.130. The largest absolute Gasteiger partial charge is 0.488 e. The van der Waals surface area contributed by atoms with Crippen LogP contribution in [0.15, 0.2) is 16.6 Å². The minimum atomic E-state index is -1.87. The minimum Gasteiger partial charge on any atom is -0.488 e. The first kappa shape index (κ1) is 19.1. The molecule has 0 amide bonds. The van der Waals surface area contributed by atoms with Crippen LogP contribution in [0.2, 0.25) is 18.1 Å². The molecule has 122 valence electrons. The standard InChI is InChI=1S/C16H23BrFNO2Si/c1-11(21-22(5,6)16(2,3)4)10-20-13-8-7-12(9-19)14(17)15(13)18/h7-8,11H,10H2,1-6H3. The zero-order chi connectivity index (χ0) is 17.1. The van der Waals surface area contributed by atoms with Gasteiger partial charge in [0.2, 0.25) is 0 Å². The lowest BCUT2D eigenvalue weighted by molar-refractivity contribution is 0.126. The van der Waals surface area contributed by atoms with Crippen LogP contribution in [0.4, 0.5) is 4.39 Å². The molecule has 3 nitrogen and oxygen atoms in total. The molecule has 0 radical (unpaired) electrons. The normalized spacial score (nSPS) is 13.6. The number of ether oxygens (including phenoxy) is 1. The summed E-state index contributed by atoms with van der Waals surface area (Å²) in [5.41, 5.74) is 0.246. The summed E-state index contributed by atoms with van der Waals surface area (Å²) in [6, 6.07) is 4.91. The summed E-state index contributed by atoms with van der Waals surface area (Å²) in [7, 11) is -1.87. The van der Waals surface area contributed by atoms with Crippen molar-refractivity contribution >= 4 is 24.2 Å². The van der Waals surface area contributed by atoms with Crippen molar-refractivity contribution < 1.29 is 13.6 Å². The molecule has 0 N–H and O–H groups in total. The van der Waals surface area contributed by atoms with Crippen LogP contribution in [-0.4, -0.2) is 21.0 Å². The summed E-state index contributed by atoms with van der Waals surface area (Å²) >= 11 is 3.07. The molecule has 0 aromatic heterocycles. The molecule has 1 aromatic carbocycles. The van der Waals surface area contributed by atoms with Crippen molar-refractivity contribution in [2.75, 3.05) is 6.61 Å². The molecule has 0 spiro atoms. The molecule has 0 aliphatic carbocycles. The molecule has 6 heteroatoms. The van der Waals surface area contributed by atoms with Crippen LogP contribution in [0.1, 0.15) is 33.3 Å². The Morgan fingerprint density at radius 3 is 2.45 bits per heavy atom. The molecule has 1 aromatic rings. The van der Waals surface area contributed by atoms with Gasteiger partial charge in [0.25, 0.3) is 0 Å². The molecular formula is C16H23BrFNO2Si. The van der Waals surface area contributed by atoms with Crippen molar-refractivity contribution in [2.24, 2.45) is 0 Å². The molecular weight excluding hydrogens is 365 g/mol. The van der Waals surface area contributed by atoms with E-state index in [0.29, 0.717) is 0 Å². The molecule has 0 aliphatic rings. The average Bonchev–Trinajstić information content (AvgIpc) is 2.38. The van der Waals surface area contributed by atoms with Gasteiger partial charge < -0.3 is 9.16 Å². The zero-order valence-electron chi connectivity index (χ0n) is 14.0. The Morgan fingerprint density at radius 1 is 1.36 bits per heavy atom. The van der Waals surface area contributed by atoms with E-state index in [9.17, 15) is 4.39 Å².